The van der Waals surface area contributed by atoms with Crippen LogP contribution in [0.1, 0.15) is 36.0 Å². The predicted octanol–water partition coefficient (Wildman–Crippen LogP) is 3.08. The molecule has 1 aliphatic heterocycles. The van der Waals surface area contributed by atoms with Gasteiger partial charge in [-0.25, -0.2) is 8.42 Å². The molecule has 1 fully saturated rings. The van der Waals surface area contributed by atoms with E-state index in [9.17, 15) is 18.0 Å². The van der Waals surface area contributed by atoms with E-state index in [4.69, 9.17) is 4.74 Å². The monoisotopic (exact) mass is 416 g/mol. The zero-order valence-electron chi connectivity index (χ0n) is 16.0. The summed E-state index contributed by atoms with van der Waals surface area (Å²) in [7, 11) is -3.58. The Kier molecular flexibility index (Phi) is 7.00. The lowest BCUT2D eigenvalue weighted by Gasteiger charge is -2.20. The van der Waals surface area contributed by atoms with Crippen LogP contribution >= 0.6 is 0 Å². The summed E-state index contributed by atoms with van der Waals surface area (Å²) in [5.41, 5.74) is 0.912. The standard InChI is InChI=1S/C21H24N2O5S/c24-15-17-8-10-19(11-9-17)28-16-21(25)22-18-6-5-7-20(14-18)29(26,27)23-12-3-1-2-4-13-23/h5-11,14-15H,1-4,12-13,16H2,(H,22,25). The first-order valence-corrected chi connectivity index (χ1v) is 11.0. The lowest BCUT2D eigenvalue weighted by atomic mass is 10.2. The van der Waals surface area contributed by atoms with Crippen LogP contribution in [0.25, 0.3) is 0 Å². The Morgan fingerprint density at radius 1 is 1.03 bits per heavy atom. The summed E-state index contributed by atoms with van der Waals surface area (Å²) in [6.45, 7) is 0.814. The van der Waals surface area contributed by atoms with Gasteiger partial charge in [-0.3, -0.25) is 9.59 Å². The zero-order chi connectivity index (χ0) is 20.7. The Morgan fingerprint density at radius 3 is 2.38 bits per heavy atom. The SMILES string of the molecule is O=Cc1ccc(OCC(=O)Nc2cccc(S(=O)(=O)N3CCCCCC3)c2)cc1. The normalized spacial score (nSPS) is 15.3. The third kappa shape index (κ3) is 5.65. The number of benzene rings is 2. The Bertz CT molecular complexity index is 949. The molecular weight excluding hydrogens is 392 g/mol. The average molecular weight is 416 g/mol. The first-order valence-electron chi connectivity index (χ1n) is 9.57. The number of hydrogen-bond donors (Lipinski definition) is 1. The number of sulfonamides is 1. The molecule has 2 aromatic carbocycles. The molecule has 3 rings (SSSR count). The lowest BCUT2D eigenvalue weighted by Crippen LogP contribution is -2.32. The van der Waals surface area contributed by atoms with Gasteiger partial charge in [0.25, 0.3) is 5.91 Å². The highest BCUT2D eigenvalue weighted by Gasteiger charge is 2.25. The minimum atomic E-state index is -3.58. The van der Waals surface area contributed by atoms with Gasteiger partial charge >= 0.3 is 0 Å². The van der Waals surface area contributed by atoms with E-state index in [2.05, 4.69) is 5.32 Å². The topological polar surface area (TPSA) is 92.8 Å². The highest BCUT2D eigenvalue weighted by molar-refractivity contribution is 7.89. The van der Waals surface area contributed by atoms with Crippen molar-refractivity contribution >= 4 is 27.9 Å². The van der Waals surface area contributed by atoms with E-state index in [-0.39, 0.29) is 11.5 Å². The van der Waals surface area contributed by atoms with Gasteiger partial charge in [-0.1, -0.05) is 18.9 Å². The van der Waals surface area contributed by atoms with Crippen LogP contribution in [0, 0.1) is 0 Å². The second-order valence-electron chi connectivity index (χ2n) is 6.87. The molecule has 7 nitrogen and oxygen atoms in total. The molecular formula is C21H24N2O5S. The maximum absolute atomic E-state index is 12.9. The highest BCUT2D eigenvalue weighted by atomic mass is 32.2. The van der Waals surface area contributed by atoms with E-state index in [1.165, 1.54) is 10.4 Å². The molecule has 0 spiro atoms. The number of hydrogen-bond acceptors (Lipinski definition) is 5. The van der Waals surface area contributed by atoms with Crippen molar-refractivity contribution in [2.24, 2.45) is 0 Å². The number of nitrogens with one attached hydrogen (secondary N) is 1. The van der Waals surface area contributed by atoms with Crippen molar-refractivity contribution in [3.05, 3.63) is 54.1 Å². The van der Waals surface area contributed by atoms with Crippen LogP contribution in [0.2, 0.25) is 0 Å². The number of anilines is 1. The number of nitrogens with zero attached hydrogens (tertiary/aromatic N) is 1. The van der Waals surface area contributed by atoms with Crippen molar-refractivity contribution in [1.29, 1.82) is 0 Å². The molecule has 0 aliphatic carbocycles. The molecule has 154 valence electrons. The fraction of sp³-hybridized carbons (Fsp3) is 0.333. The van der Waals surface area contributed by atoms with Crippen LogP contribution in [-0.2, 0) is 14.8 Å². The third-order valence-electron chi connectivity index (χ3n) is 4.71. The van der Waals surface area contributed by atoms with Gasteiger partial charge in [-0.05, 0) is 55.3 Å². The van der Waals surface area contributed by atoms with E-state index in [0.717, 1.165) is 32.0 Å². The molecule has 1 saturated heterocycles. The van der Waals surface area contributed by atoms with E-state index in [0.29, 0.717) is 30.1 Å². The second-order valence-corrected chi connectivity index (χ2v) is 8.81. The molecule has 0 saturated carbocycles. The van der Waals surface area contributed by atoms with Gasteiger partial charge in [0.05, 0.1) is 4.90 Å². The number of aldehydes is 1. The van der Waals surface area contributed by atoms with Crippen molar-refractivity contribution in [2.75, 3.05) is 25.0 Å². The summed E-state index contributed by atoms with van der Waals surface area (Å²) in [4.78, 5) is 23.0. The molecule has 8 heteroatoms. The van der Waals surface area contributed by atoms with Crippen molar-refractivity contribution in [2.45, 2.75) is 30.6 Å². The Morgan fingerprint density at radius 2 is 1.72 bits per heavy atom. The third-order valence-corrected chi connectivity index (χ3v) is 6.60. The zero-order valence-corrected chi connectivity index (χ0v) is 16.9. The van der Waals surface area contributed by atoms with E-state index in [1.54, 1.807) is 42.5 Å². The lowest BCUT2D eigenvalue weighted by molar-refractivity contribution is -0.118. The number of carbonyl (C=O) groups is 2. The van der Waals surface area contributed by atoms with Gasteiger partial charge in [-0.15, -0.1) is 0 Å². The van der Waals surface area contributed by atoms with Crippen LogP contribution in [0.5, 0.6) is 5.75 Å². The van der Waals surface area contributed by atoms with Gasteiger partial charge in [0, 0.05) is 24.3 Å². The molecule has 1 N–H and O–H groups in total. The Hall–Kier alpha value is -2.71. The number of carbonyl (C=O) groups excluding carboxylic acids is 2. The smallest absolute Gasteiger partial charge is 0.262 e. The van der Waals surface area contributed by atoms with Gasteiger partial charge in [0.1, 0.15) is 12.0 Å². The maximum atomic E-state index is 12.9. The quantitative estimate of drug-likeness (QED) is 0.700. The van der Waals surface area contributed by atoms with Crippen molar-refractivity contribution in [1.82, 2.24) is 4.31 Å². The summed E-state index contributed by atoms with van der Waals surface area (Å²) in [5, 5.41) is 2.66. The Balaban J connectivity index is 1.62. The van der Waals surface area contributed by atoms with Crippen LogP contribution in [0.15, 0.2) is 53.4 Å². The summed E-state index contributed by atoms with van der Waals surface area (Å²) >= 11 is 0. The molecule has 2 aromatic rings. The molecule has 0 bridgehead atoms. The second kappa shape index (κ2) is 9.67. The first kappa shape index (κ1) is 21.0. The van der Waals surface area contributed by atoms with E-state index >= 15 is 0 Å². The van der Waals surface area contributed by atoms with Crippen molar-refractivity contribution < 1.29 is 22.7 Å². The molecule has 1 heterocycles. The number of amides is 1. The first-order chi connectivity index (χ1) is 14.0. The molecule has 1 aliphatic rings. The fourth-order valence-corrected chi connectivity index (χ4v) is 4.72. The molecule has 0 aromatic heterocycles. The summed E-state index contributed by atoms with van der Waals surface area (Å²) < 4.78 is 32.7. The Labute approximate surface area is 170 Å². The van der Waals surface area contributed by atoms with Crippen LogP contribution in [0.3, 0.4) is 0 Å². The fourth-order valence-electron chi connectivity index (χ4n) is 3.15. The molecule has 0 atom stereocenters. The van der Waals surface area contributed by atoms with E-state index in [1.807, 2.05) is 0 Å². The number of rotatable bonds is 7. The maximum Gasteiger partial charge on any atom is 0.262 e. The number of ether oxygens (including phenoxy) is 1. The van der Waals surface area contributed by atoms with E-state index < -0.39 is 15.9 Å². The van der Waals surface area contributed by atoms with Gasteiger partial charge in [0.2, 0.25) is 10.0 Å². The molecule has 0 unspecified atom stereocenters. The minimum Gasteiger partial charge on any atom is -0.484 e. The summed E-state index contributed by atoms with van der Waals surface area (Å²) in [6.07, 6.45) is 4.53. The molecule has 29 heavy (non-hydrogen) atoms. The van der Waals surface area contributed by atoms with Gasteiger partial charge in [-0.2, -0.15) is 4.31 Å². The minimum absolute atomic E-state index is 0.169. The van der Waals surface area contributed by atoms with Crippen molar-refractivity contribution in [3.63, 3.8) is 0 Å². The van der Waals surface area contributed by atoms with Crippen molar-refractivity contribution in [3.8, 4) is 5.75 Å². The predicted molar refractivity (Wildman–Crippen MR) is 110 cm³/mol. The average Bonchev–Trinajstić information content (AvgIpc) is 3.03. The molecule has 1 amide bonds. The van der Waals surface area contributed by atoms with Gasteiger partial charge in [0.15, 0.2) is 6.61 Å². The summed E-state index contributed by atoms with van der Waals surface area (Å²) in [6, 6.07) is 12.7. The van der Waals surface area contributed by atoms with Crippen LogP contribution in [-0.4, -0.2) is 44.6 Å². The largest absolute Gasteiger partial charge is 0.484 e. The summed E-state index contributed by atoms with van der Waals surface area (Å²) in [5.74, 6) is 0.0528. The highest BCUT2D eigenvalue weighted by Crippen LogP contribution is 2.22. The van der Waals surface area contributed by atoms with Crippen LogP contribution < -0.4 is 10.1 Å². The van der Waals surface area contributed by atoms with Crippen LogP contribution in [0.4, 0.5) is 5.69 Å². The van der Waals surface area contributed by atoms with Gasteiger partial charge < -0.3 is 10.1 Å². The molecule has 0 radical (unpaired) electrons.